The first-order chi connectivity index (χ1) is 5.93. The lowest BCUT2D eigenvalue weighted by molar-refractivity contribution is 0.206. The fraction of sp³-hybridized carbons (Fsp3) is 1.00. The summed E-state index contributed by atoms with van der Waals surface area (Å²) >= 11 is 2.13. The summed E-state index contributed by atoms with van der Waals surface area (Å²) in [5.41, 5.74) is 0. The third-order valence-electron chi connectivity index (χ3n) is 3.78. The van der Waals surface area contributed by atoms with Crippen molar-refractivity contribution in [2.45, 2.75) is 25.3 Å². The van der Waals surface area contributed by atoms with Crippen LogP contribution in [0, 0.1) is 11.8 Å². The van der Waals surface area contributed by atoms with Gasteiger partial charge in [-0.15, -0.1) is 0 Å². The van der Waals surface area contributed by atoms with Gasteiger partial charge in [-0.05, 0) is 31.1 Å². The second-order valence-corrected chi connectivity index (χ2v) is 5.75. The lowest BCUT2D eigenvalue weighted by atomic mass is 10.1. The number of thioether (sulfide) groups is 1. The molecule has 1 nitrogen and oxygen atoms in total. The fourth-order valence-corrected chi connectivity index (χ4v) is 3.85. The molecule has 2 aliphatic carbocycles. The Morgan fingerprint density at radius 2 is 1.58 bits per heavy atom. The highest BCUT2D eigenvalue weighted by molar-refractivity contribution is 7.99. The van der Waals surface area contributed by atoms with Gasteiger partial charge in [0, 0.05) is 30.6 Å². The SMILES string of the molecule is C1CN(C2CC3CC3C2)CCS1. The molecule has 3 fully saturated rings. The van der Waals surface area contributed by atoms with Gasteiger partial charge < -0.3 is 0 Å². The largest absolute Gasteiger partial charge is 0.299 e. The quantitative estimate of drug-likeness (QED) is 0.610. The zero-order chi connectivity index (χ0) is 7.97. The summed E-state index contributed by atoms with van der Waals surface area (Å²) in [6.07, 6.45) is 4.64. The zero-order valence-electron chi connectivity index (χ0n) is 7.54. The van der Waals surface area contributed by atoms with Crippen LogP contribution in [0.25, 0.3) is 0 Å². The Labute approximate surface area is 78.9 Å². The van der Waals surface area contributed by atoms with Crippen molar-refractivity contribution < 1.29 is 0 Å². The first-order valence-corrected chi connectivity index (χ1v) is 6.41. The number of fused-ring (bicyclic) bond motifs is 1. The molecule has 3 aliphatic rings. The first-order valence-electron chi connectivity index (χ1n) is 5.25. The van der Waals surface area contributed by atoms with Crippen LogP contribution in [0.3, 0.4) is 0 Å². The van der Waals surface area contributed by atoms with Crippen molar-refractivity contribution >= 4 is 11.8 Å². The Bertz CT molecular complexity index is 167. The molecule has 0 aromatic rings. The van der Waals surface area contributed by atoms with Crippen LogP contribution in [0.2, 0.25) is 0 Å². The lowest BCUT2D eigenvalue weighted by Crippen LogP contribution is -2.40. The van der Waals surface area contributed by atoms with Crippen LogP contribution in [0.4, 0.5) is 0 Å². The predicted octanol–water partition coefficient (Wildman–Crippen LogP) is 1.83. The molecular formula is C10H17NS. The second-order valence-electron chi connectivity index (χ2n) is 4.53. The highest BCUT2D eigenvalue weighted by Crippen LogP contribution is 2.53. The third-order valence-corrected chi connectivity index (χ3v) is 4.72. The van der Waals surface area contributed by atoms with E-state index in [1.54, 1.807) is 6.42 Å². The van der Waals surface area contributed by atoms with Crippen LogP contribution in [0.15, 0.2) is 0 Å². The zero-order valence-corrected chi connectivity index (χ0v) is 8.35. The van der Waals surface area contributed by atoms with E-state index in [0.29, 0.717) is 0 Å². The monoisotopic (exact) mass is 183 g/mol. The molecule has 1 saturated heterocycles. The van der Waals surface area contributed by atoms with E-state index >= 15 is 0 Å². The van der Waals surface area contributed by atoms with Gasteiger partial charge in [-0.2, -0.15) is 11.8 Å². The van der Waals surface area contributed by atoms with E-state index in [-0.39, 0.29) is 0 Å². The van der Waals surface area contributed by atoms with Crippen molar-refractivity contribution in [2.24, 2.45) is 11.8 Å². The number of hydrogen-bond acceptors (Lipinski definition) is 2. The van der Waals surface area contributed by atoms with Crippen LogP contribution in [0.1, 0.15) is 19.3 Å². The van der Waals surface area contributed by atoms with Gasteiger partial charge in [-0.3, -0.25) is 4.90 Å². The minimum atomic E-state index is 0.995. The summed E-state index contributed by atoms with van der Waals surface area (Å²) in [6, 6.07) is 0.995. The van der Waals surface area contributed by atoms with Gasteiger partial charge in [0.05, 0.1) is 0 Å². The van der Waals surface area contributed by atoms with E-state index < -0.39 is 0 Å². The minimum absolute atomic E-state index is 0.995. The van der Waals surface area contributed by atoms with E-state index in [0.717, 1.165) is 17.9 Å². The van der Waals surface area contributed by atoms with Gasteiger partial charge in [-0.1, -0.05) is 0 Å². The van der Waals surface area contributed by atoms with E-state index in [2.05, 4.69) is 16.7 Å². The highest BCUT2D eigenvalue weighted by atomic mass is 32.2. The van der Waals surface area contributed by atoms with Gasteiger partial charge in [0.15, 0.2) is 0 Å². The second kappa shape index (κ2) is 2.91. The summed E-state index contributed by atoms with van der Waals surface area (Å²) in [4.78, 5) is 2.75. The summed E-state index contributed by atoms with van der Waals surface area (Å²) in [5, 5.41) is 0. The topological polar surface area (TPSA) is 3.24 Å². The molecule has 2 atom stereocenters. The molecule has 0 N–H and O–H groups in total. The van der Waals surface area contributed by atoms with E-state index in [9.17, 15) is 0 Å². The summed E-state index contributed by atoms with van der Waals surface area (Å²) in [7, 11) is 0. The Morgan fingerprint density at radius 3 is 2.25 bits per heavy atom. The van der Waals surface area contributed by atoms with Crippen molar-refractivity contribution in [3.05, 3.63) is 0 Å². The van der Waals surface area contributed by atoms with E-state index in [1.807, 2.05) is 0 Å². The summed E-state index contributed by atoms with van der Waals surface area (Å²) < 4.78 is 0. The normalized spacial score (nSPS) is 47.5. The molecule has 0 amide bonds. The minimum Gasteiger partial charge on any atom is -0.299 e. The van der Waals surface area contributed by atoms with Crippen molar-refractivity contribution in [2.75, 3.05) is 24.6 Å². The fourth-order valence-electron chi connectivity index (χ4n) is 2.92. The third kappa shape index (κ3) is 1.29. The first kappa shape index (κ1) is 7.69. The Morgan fingerprint density at radius 1 is 0.917 bits per heavy atom. The van der Waals surface area contributed by atoms with Crippen LogP contribution in [-0.4, -0.2) is 35.5 Å². The van der Waals surface area contributed by atoms with Crippen molar-refractivity contribution in [3.63, 3.8) is 0 Å². The molecule has 0 aromatic carbocycles. The molecule has 0 radical (unpaired) electrons. The maximum atomic E-state index is 2.75. The lowest BCUT2D eigenvalue weighted by Gasteiger charge is -2.32. The van der Waals surface area contributed by atoms with Gasteiger partial charge in [0.2, 0.25) is 0 Å². The molecule has 3 rings (SSSR count). The van der Waals surface area contributed by atoms with Gasteiger partial charge >= 0.3 is 0 Å². The van der Waals surface area contributed by atoms with Crippen LogP contribution >= 0.6 is 11.8 Å². The predicted molar refractivity (Wildman–Crippen MR) is 53.5 cm³/mol. The molecule has 1 aliphatic heterocycles. The molecule has 0 bridgehead atoms. The molecule has 12 heavy (non-hydrogen) atoms. The van der Waals surface area contributed by atoms with Gasteiger partial charge in [-0.25, -0.2) is 0 Å². The van der Waals surface area contributed by atoms with Gasteiger partial charge in [0.1, 0.15) is 0 Å². The Balaban J connectivity index is 1.58. The Kier molecular flexibility index (Phi) is 1.87. The molecule has 68 valence electrons. The molecule has 2 saturated carbocycles. The Hall–Kier alpha value is 0.310. The summed E-state index contributed by atoms with van der Waals surface area (Å²) in [6.45, 7) is 2.74. The maximum Gasteiger partial charge on any atom is 0.0101 e. The smallest absolute Gasteiger partial charge is 0.0101 e. The van der Waals surface area contributed by atoms with E-state index in [4.69, 9.17) is 0 Å². The number of rotatable bonds is 1. The van der Waals surface area contributed by atoms with Gasteiger partial charge in [0.25, 0.3) is 0 Å². The molecule has 0 aromatic heterocycles. The number of nitrogens with zero attached hydrogens (tertiary/aromatic N) is 1. The molecule has 1 heterocycles. The van der Waals surface area contributed by atoms with Crippen LogP contribution < -0.4 is 0 Å². The van der Waals surface area contributed by atoms with Crippen molar-refractivity contribution in [3.8, 4) is 0 Å². The average molecular weight is 183 g/mol. The van der Waals surface area contributed by atoms with Crippen molar-refractivity contribution in [1.82, 2.24) is 4.90 Å². The standard InChI is InChI=1S/C10H17NS/c1-3-12-4-2-11(1)10-6-8-5-9(8)7-10/h8-10H,1-7H2. The van der Waals surface area contributed by atoms with Crippen molar-refractivity contribution in [1.29, 1.82) is 0 Å². The number of hydrogen-bond donors (Lipinski definition) is 0. The summed E-state index contributed by atoms with van der Waals surface area (Å²) in [5.74, 6) is 5.08. The molecule has 2 unspecified atom stereocenters. The highest BCUT2D eigenvalue weighted by Gasteiger charge is 2.47. The molecular weight excluding hydrogens is 166 g/mol. The average Bonchev–Trinajstić information content (AvgIpc) is 2.75. The molecule has 2 heteroatoms. The molecule has 0 spiro atoms. The van der Waals surface area contributed by atoms with Crippen LogP contribution in [-0.2, 0) is 0 Å². The van der Waals surface area contributed by atoms with Crippen LogP contribution in [0.5, 0.6) is 0 Å². The van der Waals surface area contributed by atoms with E-state index in [1.165, 1.54) is 37.4 Å². The maximum absolute atomic E-state index is 2.75.